The van der Waals surface area contributed by atoms with Gasteiger partial charge in [-0.15, -0.1) is 0 Å². The third-order valence-electron chi connectivity index (χ3n) is 7.19. The molecule has 0 aliphatic carbocycles. The molecule has 2 aliphatic heterocycles. The Hall–Kier alpha value is -1.53. The van der Waals surface area contributed by atoms with Crippen LogP contribution in [0, 0.1) is 11.2 Å². The lowest BCUT2D eigenvalue weighted by molar-refractivity contribution is -0.124. The average molecular weight is 621 g/mol. The van der Waals surface area contributed by atoms with E-state index in [4.69, 9.17) is 28.3 Å². The number of aliphatic hydroxyl groups excluding tert-OH is 2. The van der Waals surface area contributed by atoms with E-state index in [1.165, 1.54) is 12.1 Å². The number of hydrogen-bond donors (Lipinski definition) is 5. The Morgan fingerprint density at radius 2 is 1.87 bits per heavy atom. The van der Waals surface area contributed by atoms with E-state index in [2.05, 4.69) is 36.7 Å². The van der Waals surface area contributed by atoms with Crippen molar-refractivity contribution in [1.29, 1.82) is 0 Å². The maximum atomic E-state index is 14.2. The molecular weight excluding hydrogens is 584 g/mol. The van der Waals surface area contributed by atoms with Gasteiger partial charge in [0.2, 0.25) is 11.8 Å². The van der Waals surface area contributed by atoms with Gasteiger partial charge >= 0.3 is 0 Å². The zero-order valence-electron chi connectivity index (χ0n) is 21.9. The summed E-state index contributed by atoms with van der Waals surface area (Å²) in [6.07, 6.45) is -0.234. The van der Waals surface area contributed by atoms with Crippen molar-refractivity contribution in [1.82, 2.24) is 10.6 Å². The Bertz CT molecular complexity index is 1220. The maximum Gasteiger partial charge on any atom is 0.237 e. The average Bonchev–Trinajstić information content (AvgIpc) is 3.29. The highest BCUT2D eigenvalue weighted by molar-refractivity contribution is 7.59. The molecule has 1 saturated heterocycles. The van der Waals surface area contributed by atoms with Gasteiger partial charge in [0, 0.05) is 29.2 Å². The number of fused-ring (bicyclic) bond motifs is 2. The molecule has 216 valence electrons. The quantitative estimate of drug-likeness (QED) is 0.322. The Labute approximate surface area is 252 Å². The molecule has 1 spiro atoms. The number of hydrogen-bond acceptors (Lipinski definition) is 5. The molecule has 2 aromatic carbocycles. The van der Waals surface area contributed by atoms with Gasteiger partial charge in [0.15, 0.2) is 0 Å². The van der Waals surface area contributed by atoms with E-state index < -0.39 is 41.9 Å². The number of carbonyl (C=O) groups excluding carboxylic acids is 2. The molecule has 0 radical (unpaired) electrons. The van der Waals surface area contributed by atoms with Crippen LogP contribution in [0.4, 0.5) is 10.1 Å². The van der Waals surface area contributed by atoms with Crippen molar-refractivity contribution in [2.24, 2.45) is 5.41 Å². The fourth-order valence-electron chi connectivity index (χ4n) is 5.69. The monoisotopic (exact) mass is 619 g/mol. The lowest BCUT2D eigenvalue weighted by Gasteiger charge is -2.37. The summed E-state index contributed by atoms with van der Waals surface area (Å²) in [6, 6.07) is 8.17. The zero-order chi connectivity index (χ0) is 27.1. The normalized spacial score (nSPS) is 24.4. The number of anilines is 1. The second-order valence-electron chi connectivity index (χ2n) is 11.0. The van der Waals surface area contributed by atoms with Crippen molar-refractivity contribution in [3.8, 4) is 0 Å². The molecule has 2 heterocycles. The minimum Gasteiger partial charge on any atom is -0.394 e. The zero-order valence-corrected chi connectivity index (χ0v) is 25.5. The summed E-state index contributed by atoms with van der Waals surface area (Å²) in [4.78, 5) is 27.6. The summed E-state index contributed by atoms with van der Waals surface area (Å²) in [6.45, 7) is 5.90. The number of rotatable bonds is 7. The molecule has 1 unspecified atom stereocenters. The first-order chi connectivity index (χ1) is 17.4. The number of amides is 2. The summed E-state index contributed by atoms with van der Waals surface area (Å²) >= 11 is 12.4. The molecule has 0 bridgehead atoms. The molecule has 1 fully saturated rings. The van der Waals surface area contributed by atoms with Crippen molar-refractivity contribution < 1.29 is 24.2 Å². The van der Waals surface area contributed by atoms with Crippen LogP contribution >= 0.6 is 50.2 Å². The van der Waals surface area contributed by atoms with Gasteiger partial charge in [-0.05, 0) is 53.6 Å². The topological polar surface area (TPSA) is 111 Å². The third kappa shape index (κ3) is 6.53. The van der Waals surface area contributed by atoms with E-state index in [0.29, 0.717) is 28.3 Å². The molecule has 0 saturated carbocycles. The molecule has 2 aliphatic rings. The molecular formula is C27H36Cl2FN3O4S2. The molecule has 12 heteroatoms. The number of carbonyl (C=O) groups is 2. The molecule has 2 aromatic rings. The first kappa shape index (κ1) is 33.7. The molecule has 7 nitrogen and oxygen atoms in total. The van der Waals surface area contributed by atoms with Gasteiger partial charge in [0.05, 0.1) is 23.8 Å². The molecule has 5 atom stereocenters. The van der Waals surface area contributed by atoms with Crippen LogP contribution in [0.25, 0.3) is 0 Å². The standard InChI is InChI=1S/C27H32Cl2FN3O4.2H2S/c1-26(2,3)12-21-27(17-6-5-15(28)11-20(17)32-25(27)37)22(14-4-7-19(30)18(29)10-14)23(33-21)24(36)31-9-8-16(35)13-34;;/h4-7,10-11,16,21-23,33-35H,8-9,12-13H2,1-3H3,(H,31,36)(H,32,37);2*1H2/t16-,21?,22-,23+,27-;;/m0../s1. The van der Waals surface area contributed by atoms with E-state index in [1.807, 2.05) is 6.07 Å². The van der Waals surface area contributed by atoms with Crippen molar-refractivity contribution in [2.45, 2.75) is 63.1 Å². The van der Waals surface area contributed by atoms with Crippen molar-refractivity contribution in [3.63, 3.8) is 0 Å². The smallest absolute Gasteiger partial charge is 0.237 e. The summed E-state index contributed by atoms with van der Waals surface area (Å²) in [5.74, 6) is -1.98. The summed E-state index contributed by atoms with van der Waals surface area (Å²) in [5, 5.41) is 28.4. The summed E-state index contributed by atoms with van der Waals surface area (Å²) in [5.41, 5.74) is 0.412. The van der Waals surface area contributed by atoms with Crippen LogP contribution in [-0.2, 0) is 15.0 Å². The van der Waals surface area contributed by atoms with Gasteiger partial charge in [0.1, 0.15) is 11.2 Å². The predicted octanol–water partition coefficient (Wildman–Crippen LogP) is 3.97. The van der Waals surface area contributed by atoms with Crippen LogP contribution in [-0.4, -0.2) is 53.4 Å². The van der Waals surface area contributed by atoms with Crippen LogP contribution in [0.15, 0.2) is 36.4 Å². The summed E-state index contributed by atoms with van der Waals surface area (Å²) < 4.78 is 14.2. The SMILES string of the molecule is CC(C)(C)CC1N[C@@H](C(=O)NCC[C@H](O)CO)[C@H](c2ccc(F)c(Cl)c2)[C@@]12C(=O)Nc1cc(Cl)ccc12.S.S. The highest BCUT2D eigenvalue weighted by atomic mass is 35.5. The van der Waals surface area contributed by atoms with Crippen LogP contribution in [0.3, 0.4) is 0 Å². The lowest BCUT2D eigenvalue weighted by Crippen LogP contribution is -2.49. The van der Waals surface area contributed by atoms with Gasteiger partial charge in [-0.1, -0.05) is 56.1 Å². The second-order valence-corrected chi connectivity index (χ2v) is 11.9. The van der Waals surface area contributed by atoms with E-state index in [0.717, 1.165) is 0 Å². The largest absolute Gasteiger partial charge is 0.394 e. The number of halogens is 3. The lowest BCUT2D eigenvalue weighted by atomic mass is 9.62. The van der Waals surface area contributed by atoms with Gasteiger partial charge in [-0.3, -0.25) is 9.59 Å². The van der Waals surface area contributed by atoms with Crippen molar-refractivity contribution >= 4 is 67.7 Å². The maximum absolute atomic E-state index is 14.2. The first-order valence-corrected chi connectivity index (χ1v) is 13.0. The molecule has 2 amide bonds. The Kier molecular flexibility index (Phi) is 11.2. The highest BCUT2D eigenvalue weighted by Crippen LogP contribution is 2.56. The van der Waals surface area contributed by atoms with Crippen molar-refractivity contribution in [2.75, 3.05) is 18.5 Å². The number of nitrogens with one attached hydrogen (secondary N) is 3. The third-order valence-corrected chi connectivity index (χ3v) is 7.72. The van der Waals surface area contributed by atoms with E-state index in [9.17, 15) is 19.1 Å². The Morgan fingerprint density at radius 1 is 1.18 bits per heavy atom. The van der Waals surface area contributed by atoms with Gasteiger partial charge in [0.25, 0.3) is 0 Å². The van der Waals surface area contributed by atoms with Crippen LogP contribution in [0.1, 0.15) is 50.7 Å². The molecule has 39 heavy (non-hydrogen) atoms. The van der Waals surface area contributed by atoms with E-state index >= 15 is 0 Å². The van der Waals surface area contributed by atoms with Gasteiger partial charge in [-0.25, -0.2) is 4.39 Å². The van der Waals surface area contributed by atoms with Crippen LogP contribution in [0.5, 0.6) is 0 Å². The van der Waals surface area contributed by atoms with Gasteiger partial charge < -0.3 is 26.2 Å². The van der Waals surface area contributed by atoms with Crippen molar-refractivity contribution in [3.05, 3.63) is 63.4 Å². The van der Waals surface area contributed by atoms with Crippen LogP contribution < -0.4 is 16.0 Å². The second kappa shape index (κ2) is 13.0. The van der Waals surface area contributed by atoms with E-state index in [1.54, 1.807) is 18.2 Å². The Balaban J connectivity index is 0.00000267. The fourth-order valence-corrected chi connectivity index (χ4v) is 6.05. The molecule has 4 rings (SSSR count). The van der Waals surface area contributed by atoms with Crippen LogP contribution in [0.2, 0.25) is 10.0 Å². The summed E-state index contributed by atoms with van der Waals surface area (Å²) in [7, 11) is 0. The highest BCUT2D eigenvalue weighted by Gasteiger charge is 2.65. The van der Waals surface area contributed by atoms with Gasteiger partial charge in [-0.2, -0.15) is 27.0 Å². The predicted molar refractivity (Wildman–Crippen MR) is 162 cm³/mol. The molecule has 5 N–H and O–H groups in total. The first-order valence-electron chi connectivity index (χ1n) is 12.3. The minimum absolute atomic E-state index is 0. The Morgan fingerprint density at radius 3 is 2.49 bits per heavy atom. The fraction of sp³-hybridized carbons (Fsp3) is 0.481. The number of benzene rings is 2. The number of aliphatic hydroxyl groups is 2. The van der Waals surface area contributed by atoms with E-state index in [-0.39, 0.29) is 62.2 Å². The minimum atomic E-state index is -1.21. The molecule has 0 aromatic heterocycles.